The summed E-state index contributed by atoms with van der Waals surface area (Å²) in [7, 11) is 0. The molecule has 0 unspecified atom stereocenters. The van der Waals surface area contributed by atoms with Gasteiger partial charge in [-0.05, 0) is 31.4 Å². The molecule has 24 heavy (non-hydrogen) atoms. The van der Waals surface area contributed by atoms with Gasteiger partial charge in [0.15, 0.2) is 11.6 Å². The molecule has 6 heteroatoms. The number of nitrogens with zero attached hydrogens (tertiary/aromatic N) is 1. The molecule has 0 N–H and O–H groups in total. The third-order valence-electron chi connectivity index (χ3n) is 3.61. The smallest absolute Gasteiger partial charge is 0.270 e. The van der Waals surface area contributed by atoms with Crippen molar-refractivity contribution in [1.82, 2.24) is 0 Å². The SMILES string of the molecule is CC(=O)/C(=C/c1cccc([N+](=O)[O-])c1)C(=O)CCCCCCCBr. The minimum absolute atomic E-state index is 0.0640. The van der Waals surface area contributed by atoms with Crippen LogP contribution in [0.15, 0.2) is 29.8 Å². The molecule has 0 aliphatic carbocycles. The standard InChI is InChI=1S/C18H22BrNO4/c1-14(21)17(18(22)10-5-3-2-4-6-11-19)13-15-8-7-9-16(12-15)20(23)24/h7-9,12-13H,2-6,10-11H2,1H3/b17-13-. The minimum atomic E-state index is -0.500. The number of nitro benzene ring substituents is 1. The Morgan fingerprint density at radius 1 is 1.17 bits per heavy atom. The highest BCUT2D eigenvalue weighted by Crippen LogP contribution is 2.18. The first-order valence-corrected chi connectivity index (χ1v) is 9.14. The summed E-state index contributed by atoms with van der Waals surface area (Å²) in [6.07, 6.45) is 6.81. The summed E-state index contributed by atoms with van der Waals surface area (Å²) in [5.74, 6) is -0.514. The summed E-state index contributed by atoms with van der Waals surface area (Å²) in [5.41, 5.74) is 0.530. The Balaban J connectivity index is 2.72. The van der Waals surface area contributed by atoms with Crippen LogP contribution in [0.5, 0.6) is 0 Å². The molecule has 1 rings (SSSR count). The lowest BCUT2D eigenvalue weighted by molar-refractivity contribution is -0.384. The number of Topliss-reactive ketones (excluding diaryl/α,β-unsaturated/α-hetero) is 2. The van der Waals surface area contributed by atoms with Gasteiger partial charge >= 0.3 is 0 Å². The Kier molecular flexibility index (Phi) is 9.15. The number of rotatable bonds is 11. The summed E-state index contributed by atoms with van der Waals surface area (Å²) >= 11 is 3.38. The molecule has 130 valence electrons. The first-order chi connectivity index (χ1) is 11.5. The predicted octanol–water partition coefficient (Wildman–Crippen LogP) is 4.87. The number of hydrogen-bond acceptors (Lipinski definition) is 4. The molecule has 0 bridgehead atoms. The number of ketones is 2. The molecular weight excluding hydrogens is 374 g/mol. The van der Waals surface area contributed by atoms with Crippen molar-refractivity contribution in [2.45, 2.75) is 45.4 Å². The molecule has 1 aromatic rings. The van der Waals surface area contributed by atoms with E-state index in [1.807, 2.05) is 0 Å². The van der Waals surface area contributed by atoms with Gasteiger partial charge < -0.3 is 0 Å². The number of benzene rings is 1. The number of halogens is 1. The molecule has 0 radical (unpaired) electrons. The molecule has 0 amide bonds. The molecule has 0 saturated heterocycles. The number of alkyl halides is 1. The van der Waals surface area contributed by atoms with Crippen molar-refractivity contribution in [3.63, 3.8) is 0 Å². The zero-order chi connectivity index (χ0) is 17.9. The van der Waals surface area contributed by atoms with Crippen molar-refractivity contribution in [3.05, 3.63) is 45.5 Å². The maximum absolute atomic E-state index is 12.3. The molecule has 0 aliphatic rings. The normalized spacial score (nSPS) is 11.3. The summed E-state index contributed by atoms with van der Waals surface area (Å²) in [5, 5.41) is 11.8. The van der Waals surface area contributed by atoms with Crippen LogP contribution in [0.2, 0.25) is 0 Å². The average molecular weight is 396 g/mol. The summed E-state index contributed by atoms with van der Waals surface area (Å²) < 4.78 is 0. The van der Waals surface area contributed by atoms with Gasteiger partial charge in [-0.2, -0.15) is 0 Å². The second kappa shape index (κ2) is 10.9. The third-order valence-corrected chi connectivity index (χ3v) is 4.17. The van der Waals surface area contributed by atoms with Crippen LogP contribution in [-0.2, 0) is 9.59 Å². The number of carbonyl (C=O) groups is 2. The molecule has 0 aromatic heterocycles. The van der Waals surface area contributed by atoms with E-state index in [1.165, 1.54) is 31.2 Å². The third kappa shape index (κ3) is 7.17. The fraction of sp³-hybridized carbons (Fsp3) is 0.444. The predicted molar refractivity (Wildman–Crippen MR) is 98.3 cm³/mol. The number of carbonyl (C=O) groups excluding carboxylic acids is 2. The van der Waals surface area contributed by atoms with Gasteiger partial charge in [0, 0.05) is 23.9 Å². The van der Waals surface area contributed by atoms with Crippen LogP contribution in [0.4, 0.5) is 5.69 Å². The zero-order valence-electron chi connectivity index (χ0n) is 13.8. The molecule has 0 aliphatic heterocycles. The Labute approximate surface area is 150 Å². The van der Waals surface area contributed by atoms with Gasteiger partial charge in [0.1, 0.15) is 0 Å². The lowest BCUT2D eigenvalue weighted by atomic mass is 9.99. The van der Waals surface area contributed by atoms with Crippen LogP contribution < -0.4 is 0 Å². The highest BCUT2D eigenvalue weighted by Gasteiger charge is 2.15. The van der Waals surface area contributed by atoms with E-state index >= 15 is 0 Å². The highest BCUT2D eigenvalue weighted by molar-refractivity contribution is 9.09. The van der Waals surface area contributed by atoms with Crippen molar-refractivity contribution >= 4 is 39.3 Å². The first kappa shape index (κ1) is 20.2. The van der Waals surface area contributed by atoms with E-state index in [0.717, 1.165) is 37.4 Å². The Hall–Kier alpha value is -1.82. The zero-order valence-corrected chi connectivity index (χ0v) is 15.4. The Morgan fingerprint density at radius 3 is 2.46 bits per heavy atom. The largest absolute Gasteiger partial charge is 0.294 e. The van der Waals surface area contributed by atoms with Crippen LogP contribution >= 0.6 is 15.9 Å². The first-order valence-electron chi connectivity index (χ1n) is 8.02. The van der Waals surface area contributed by atoms with Crippen molar-refractivity contribution in [1.29, 1.82) is 0 Å². The van der Waals surface area contributed by atoms with E-state index < -0.39 is 4.92 Å². The van der Waals surface area contributed by atoms with Crippen LogP contribution in [0.3, 0.4) is 0 Å². The molecule has 5 nitrogen and oxygen atoms in total. The molecule has 0 fully saturated rings. The Bertz CT molecular complexity index is 625. The topological polar surface area (TPSA) is 77.3 Å². The molecular formula is C18H22BrNO4. The number of allylic oxidation sites excluding steroid dienone is 1. The molecule has 0 heterocycles. The van der Waals surface area contributed by atoms with E-state index in [9.17, 15) is 19.7 Å². The maximum Gasteiger partial charge on any atom is 0.270 e. The van der Waals surface area contributed by atoms with Crippen LogP contribution in [0.1, 0.15) is 51.0 Å². The van der Waals surface area contributed by atoms with Gasteiger partial charge in [-0.3, -0.25) is 19.7 Å². The molecule has 1 aromatic carbocycles. The van der Waals surface area contributed by atoms with E-state index in [1.54, 1.807) is 6.07 Å². The van der Waals surface area contributed by atoms with Crippen LogP contribution in [0.25, 0.3) is 6.08 Å². The number of non-ortho nitro benzene ring substituents is 1. The van der Waals surface area contributed by atoms with Gasteiger partial charge in [-0.1, -0.05) is 47.3 Å². The van der Waals surface area contributed by atoms with Crippen molar-refractivity contribution < 1.29 is 14.5 Å². The molecule has 0 atom stereocenters. The maximum atomic E-state index is 12.3. The van der Waals surface area contributed by atoms with E-state index in [-0.39, 0.29) is 22.8 Å². The molecule has 0 saturated carbocycles. The summed E-state index contributed by atoms with van der Waals surface area (Å²) in [6.45, 7) is 1.34. The quantitative estimate of drug-likeness (QED) is 0.102. The van der Waals surface area contributed by atoms with Crippen LogP contribution in [-0.4, -0.2) is 21.8 Å². The van der Waals surface area contributed by atoms with Crippen molar-refractivity contribution in [3.8, 4) is 0 Å². The Morgan fingerprint density at radius 2 is 1.83 bits per heavy atom. The lowest BCUT2D eigenvalue weighted by Crippen LogP contribution is -2.10. The van der Waals surface area contributed by atoms with Crippen LogP contribution in [0, 0.1) is 10.1 Å². The van der Waals surface area contributed by atoms with E-state index in [0.29, 0.717) is 12.0 Å². The van der Waals surface area contributed by atoms with Gasteiger partial charge in [0.2, 0.25) is 0 Å². The summed E-state index contributed by atoms with van der Waals surface area (Å²) in [4.78, 5) is 34.3. The van der Waals surface area contributed by atoms with Gasteiger partial charge in [-0.25, -0.2) is 0 Å². The second-order valence-corrected chi connectivity index (χ2v) is 6.39. The van der Waals surface area contributed by atoms with E-state index in [2.05, 4.69) is 15.9 Å². The number of hydrogen-bond donors (Lipinski definition) is 0. The van der Waals surface area contributed by atoms with Gasteiger partial charge in [-0.15, -0.1) is 0 Å². The highest BCUT2D eigenvalue weighted by atomic mass is 79.9. The minimum Gasteiger partial charge on any atom is -0.294 e. The fourth-order valence-electron chi connectivity index (χ4n) is 2.32. The van der Waals surface area contributed by atoms with E-state index in [4.69, 9.17) is 0 Å². The van der Waals surface area contributed by atoms with Gasteiger partial charge in [0.25, 0.3) is 5.69 Å². The van der Waals surface area contributed by atoms with Crippen molar-refractivity contribution in [2.24, 2.45) is 0 Å². The summed E-state index contributed by atoms with van der Waals surface area (Å²) in [6, 6.07) is 5.91. The van der Waals surface area contributed by atoms with Gasteiger partial charge in [0.05, 0.1) is 10.5 Å². The fourth-order valence-corrected chi connectivity index (χ4v) is 2.71. The molecule has 0 spiro atoms. The van der Waals surface area contributed by atoms with Crippen molar-refractivity contribution in [2.75, 3.05) is 5.33 Å². The second-order valence-electron chi connectivity index (χ2n) is 5.60. The number of unbranched alkanes of at least 4 members (excludes halogenated alkanes) is 4. The monoisotopic (exact) mass is 395 g/mol. The lowest BCUT2D eigenvalue weighted by Gasteiger charge is -2.04. The average Bonchev–Trinajstić information content (AvgIpc) is 2.55. The number of nitro groups is 1.